The average Bonchev–Trinajstić information content (AvgIpc) is 2.14. The number of nitriles is 1. The zero-order valence-corrected chi connectivity index (χ0v) is 11.7. The maximum Gasteiger partial charge on any atom is 0.116 e. The second-order valence-electron chi connectivity index (χ2n) is 5.69. The van der Waals surface area contributed by atoms with Gasteiger partial charge in [-0.3, -0.25) is 10.2 Å². The molecule has 3 atom stereocenters. The average molecular weight is 239 g/mol. The summed E-state index contributed by atoms with van der Waals surface area (Å²) in [5.74, 6) is 0. The highest BCUT2D eigenvalue weighted by Crippen LogP contribution is 2.14. The van der Waals surface area contributed by atoms with E-state index in [0.29, 0.717) is 6.04 Å². The van der Waals surface area contributed by atoms with Gasteiger partial charge in [-0.2, -0.15) is 5.26 Å². The third kappa shape index (κ3) is 4.63. The first-order chi connectivity index (χ1) is 7.84. The minimum absolute atomic E-state index is 0.251. The van der Waals surface area contributed by atoms with Gasteiger partial charge in [0.15, 0.2) is 0 Å². The number of rotatable bonds is 4. The molecular weight excluding hydrogens is 214 g/mol. The molecule has 0 aliphatic carbocycles. The SMILES string of the molecule is CC(C)NC(C)(C#N)CN1C[C@@H](C)O[C@@H](C)C1. The number of hydrogen-bond donors (Lipinski definition) is 1. The van der Waals surface area contributed by atoms with Crippen LogP contribution >= 0.6 is 0 Å². The van der Waals surface area contributed by atoms with Crippen LogP contribution in [0.1, 0.15) is 34.6 Å². The van der Waals surface area contributed by atoms with Crippen molar-refractivity contribution >= 4 is 0 Å². The predicted octanol–water partition coefficient (Wildman–Crippen LogP) is 1.38. The quantitative estimate of drug-likeness (QED) is 0.805. The molecule has 0 saturated carbocycles. The molecule has 0 aromatic rings. The van der Waals surface area contributed by atoms with Gasteiger partial charge in [-0.25, -0.2) is 0 Å². The predicted molar refractivity (Wildman–Crippen MR) is 68.7 cm³/mol. The molecule has 0 bridgehead atoms. The summed E-state index contributed by atoms with van der Waals surface area (Å²) in [6.07, 6.45) is 0.501. The number of nitrogens with one attached hydrogen (secondary N) is 1. The molecular formula is C13H25N3O. The van der Waals surface area contributed by atoms with Crippen molar-refractivity contribution in [2.45, 2.75) is 58.4 Å². The number of morpholine rings is 1. The van der Waals surface area contributed by atoms with E-state index in [2.05, 4.69) is 44.0 Å². The van der Waals surface area contributed by atoms with E-state index in [1.54, 1.807) is 0 Å². The van der Waals surface area contributed by atoms with E-state index in [1.165, 1.54) is 0 Å². The summed E-state index contributed by atoms with van der Waals surface area (Å²) in [5.41, 5.74) is -0.481. The van der Waals surface area contributed by atoms with E-state index in [4.69, 9.17) is 4.74 Å². The Hall–Kier alpha value is -0.630. The maximum atomic E-state index is 9.33. The Labute approximate surface area is 105 Å². The van der Waals surface area contributed by atoms with Crippen molar-refractivity contribution in [3.05, 3.63) is 0 Å². The Kier molecular flexibility index (Phi) is 4.93. The molecule has 1 aliphatic heterocycles. The maximum absolute atomic E-state index is 9.33. The Morgan fingerprint density at radius 1 is 1.41 bits per heavy atom. The van der Waals surface area contributed by atoms with Crippen molar-refractivity contribution in [3.8, 4) is 6.07 Å². The summed E-state index contributed by atoms with van der Waals surface area (Å²) < 4.78 is 5.70. The van der Waals surface area contributed by atoms with E-state index in [9.17, 15) is 5.26 Å². The molecule has 17 heavy (non-hydrogen) atoms. The molecule has 0 amide bonds. The summed E-state index contributed by atoms with van der Waals surface area (Å²) in [5, 5.41) is 12.7. The Balaban J connectivity index is 2.59. The molecule has 1 heterocycles. The molecule has 4 heteroatoms. The number of ether oxygens (including phenoxy) is 1. The third-order valence-corrected chi connectivity index (χ3v) is 2.89. The van der Waals surface area contributed by atoms with Crippen molar-refractivity contribution in [1.82, 2.24) is 10.2 Å². The van der Waals surface area contributed by atoms with Crippen LogP contribution in [0.25, 0.3) is 0 Å². The first-order valence-electron chi connectivity index (χ1n) is 6.41. The van der Waals surface area contributed by atoms with Crippen LogP contribution in [0.3, 0.4) is 0 Å². The van der Waals surface area contributed by atoms with Gasteiger partial charge in [0.1, 0.15) is 5.54 Å². The fourth-order valence-electron chi connectivity index (χ4n) is 2.61. The van der Waals surface area contributed by atoms with E-state index in [0.717, 1.165) is 19.6 Å². The summed E-state index contributed by atoms with van der Waals surface area (Å²) in [6.45, 7) is 12.8. The molecule has 1 fully saturated rings. The van der Waals surface area contributed by atoms with Gasteiger partial charge in [-0.05, 0) is 34.6 Å². The molecule has 0 spiro atoms. The van der Waals surface area contributed by atoms with Crippen molar-refractivity contribution in [1.29, 1.82) is 5.26 Å². The van der Waals surface area contributed by atoms with Gasteiger partial charge in [0, 0.05) is 25.7 Å². The molecule has 1 rings (SSSR count). The third-order valence-electron chi connectivity index (χ3n) is 2.89. The lowest BCUT2D eigenvalue weighted by molar-refractivity contribution is -0.0717. The first kappa shape index (κ1) is 14.4. The monoisotopic (exact) mass is 239 g/mol. The number of nitrogens with zero attached hydrogens (tertiary/aromatic N) is 2. The standard InChI is InChI=1S/C13H25N3O/c1-10(2)15-13(5,8-14)9-16-6-11(3)17-12(4)7-16/h10-12,15H,6-7,9H2,1-5H3/t11-,12+,13?. The van der Waals surface area contributed by atoms with Gasteiger partial charge in [-0.15, -0.1) is 0 Å². The molecule has 0 radical (unpaired) electrons. The Morgan fingerprint density at radius 2 is 1.94 bits per heavy atom. The summed E-state index contributed by atoms with van der Waals surface area (Å²) >= 11 is 0. The Bertz CT molecular complexity index is 277. The molecule has 98 valence electrons. The molecule has 1 unspecified atom stereocenters. The molecule has 1 aliphatic rings. The molecule has 0 aromatic carbocycles. The summed E-state index contributed by atoms with van der Waals surface area (Å²) in [4.78, 5) is 2.32. The van der Waals surface area contributed by atoms with Crippen LogP contribution in [-0.4, -0.2) is 48.3 Å². The van der Waals surface area contributed by atoms with Crippen LogP contribution in [0.2, 0.25) is 0 Å². The molecule has 0 aromatic heterocycles. The van der Waals surface area contributed by atoms with Crippen molar-refractivity contribution < 1.29 is 4.74 Å². The molecule has 1 saturated heterocycles. The lowest BCUT2D eigenvalue weighted by atomic mass is 10.0. The van der Waals surface area contributed by atoms with Crippen LogP contribution in [0.5, 0.6) is 0 Å². The molecule has 4 nitrogen and oxygen atoms in total. The summed E-state index contributed by atoms with van der Waals surface area (Å²) in [6, 6.07) is 2.71. The van der Waals surface area contributed by atoms with Gasteiger partial charge < -0.3 is 4.74 Å². The van der Waals surface area contributed by atoms with Crippen LogP contribution < -0.4 is 5.32 Å². The van der Waals surface area contributed by atoms with E-state index in [-0.39, 0.29) is 12.2 Å². The van der Waals surface area contributed by atoms with Crippen LogP contribution in [0, 0.1) is 11.3 Å². The smallest absolute Gasteiger partial charge is 0.116 e. The zero-order valence-electron chi connectivity index (χ0n) is 11.7. The number of hydrogen-bond acceptors (Lipinski definition) is 4. The largest absolute Gasteiger partial charge is 0.373 e. The summed E-state index contributed by atoms with van der Waals surface area (Å²) in [7, 11) is 0. The van der Waals surface area contributed by atoms with Crippen LogP contribution in [0.15, 0.2) is 0 Å². The Morgan fingerprint density at radius 3 is 2.35 bits per heavy atom. The minimum atomic E-state index is -0.481. The van der Waals surface area contributed by atoms with Crippen molar-refractivity contribution in [2.24, 2.45) is 0 Å². The van der Waals surface area contributed by atoms with Crippen LogP contribution in [-0.2, 0) is 4.74 Å². The lowest BCUT2D eigenvalue weighted by Gasteiger charge is -2.39. The van der Waals surface area contributed by atoms with Gasteiger partial charge in [-0.1, -0.05) is 0 Å². The topological polar surface area (TPSA) is 48.3 Å². The van der Waals surface area contributed by atoms with E-state index < -0.39 is 5.54 Å². The normalized spacial score (nSPS) is 29.9. The second-order valence-corrected chi connectivity index (χ2v) is 5.69. The van der Waals surface area contributed by atoms with Gasteiger partial charge in [0.2, 0.25) is 0 Å². The highest BCUT2D eigenvalue weighted by molar-refractivity contribution is 5.06. The van der Waals surface area contributed by atoms with E-state index >= 15 is 0 Å². The fourth-order valence-corrected chi connectivity index (χ4v) is 2.61. The van der Waals surface area contributed by atoms with Crippen molar-refractivity contribution in [3.63, 3.8) is 0 Å². The highest BCUT2D eigenvalue weighted by Gasteiger charge is 2.31. The molecule has 1 N–H and O–H groups in total. The van der Waals surface area contributed by atoms with Gasteiger partial charge >= 0.3 is 0 Å². The van der Waals surface area contributed by atoms with E-state index in [1.807, 2.05) is 6.92 Å². The highest BCUT2D eigenvalue weighted by atomic mass is 16.5. The minimum Gasteiger partial charge on any atom is -0.373 e. The second kappa shape index (κ2) is 5.81. The van der Waals surface area contributed by atoms with Gasteiger partial charge in [0.25, 0.3) is 0 Å². The van der Waals surface area contributed by atoms with Crippen LogP contribution in [0.4, 0.5) is 0 Å². The zero-order chi connectivity index (χ0) is 13.1. The van der Waals surface area contributed by atoms with Crippen molar-refractivity contribution in [2.75, 3.05) is 19.6 Å². The van der Waals surface area contributed by atoms with Gasteiger partial charge in [0.05, 0.1) is 18.3 Å². The first-order valence-corrected chi connectivity index (χ1v) is 6.41. The fraction of sp³-hybridized carbons (Fsp3) is 0.923. The lowest BCUT2D eigenvalue weighted by Crippen LogP contribution is -2.56.